The van der Waals surface area contributed by atoms with Crippen molar-refractivity contribution in [3.05, 3.63) is 59.2 Å². The standard InChI is InChI=1S/C21H23NO/c23-20-12-21(9-10-22-13-21)19-8-7-15(11-18(19)20)17-4-2-1-3-16(17)14-5-6-14/h1-4,7-8,11,14,20,22-23H,5-6,9-10,12-13H2. The fraction of sp³-hybridized carbons (Fsp3) is 0.429. The first-order valence-corrected chi connectivity index (χ1v) is 8.89. The van der Waals surface area contributed by atoms with E-state index in [0.717, 1.165) is 37.4 Å². The summed E-state index contributed by atoms with van der Waals surface area (Å²) < 4.78 is 0. The van der Waals surface area contributed by atoms with Crippen LogP contribution in [-0.4, -0.2) is 18.2 Å². The second-order valence-electron chi connectivity index (χ2n) is 7.59. The summed E-state index contributed by atoms with van der Waals surface area (Å²) in [6.45, 7) is 2.08. The Hall–Kier alpha value is -1.64. The summed E-state index contributed by atoms with van der Waals surface area (Å²) in [7, 11) is 0. The van der Waals surface area contributed by atoms with E-state index in [-0.39, 0.29) is 11.5 Å². The van der Waals surface area contributed by atoms with Crippen molar-refractivity contribution in [1.29, 1.82) is 0 Å². The Bertz CT molecular complexity index is 756. The first kappa shape index (κ1) is 13.8. The van der Waals surface area contributed by atoms with E-state index in [4.69, 9.17) is 0 Å². The highest BCUT2D eigenvalue weighted by atomic mass is 16.3. The lowest BCUT2D eigenvalue weighted by atomic mass is 9.80. The summed E-state index contributed by atoms with van der Waals surface area (Å²) in [5.41, 5.74) is 6.82. The molecule has 23 heavy (non-hydrogen) atoms. The van der Waals surface area contributed by atoms with Gasteiger partial charge in [0.25, 0.3) is 0 Å². The van der Waals surface area contributed by atoms with Crippen molar-refractivity contribution >= 4 is 0 Å². The van der Waals surface area contributed by atoms with Crippen LogP contribution in [0, 0.1) is 0 Å². The Morgan fingerprint density at radius 2 is 1.91 bits per heavy atom. The number of hydrogen-bond acceptors (Lipinski definition) is 2. The van der Waals surface area contributed by atoms with E-state index < -0.39 is 0 Å². The van der Waals surface area contributed by atoms with Crippen molar-refractivity contribution in [3.8, 4) is 11.1 Å². The molecule has 2 N–H and O–H groups in total. The molecule has 1 saturated heterocycles. The van der Waals surface area contributed by atoms with Gasteiger partial charge in [0, 0.05) is 12.0 Å². The fourth-order valence-corrected chi connectivity index (χ4v) is 4.74. The van der Waals surface area contributed by atoms with Crippen molar-refractivity contribution in [3.63, 3.8) is 0 Å². The molecule has 1 aliphatic heterocycles. The van der Waals surface area contributed by atoms with Gasteiger partial charge in [0.05, 0.1) is 6.10 Å². The van der Waals surface area contributed by atoms with E-state index in [0.29, 0.717) is 0 Å². The molecule has 0 bridgehead atoms. The minimum absolute atomic E-state index is 0.170. The Labute approximate surface area is 137 Å². The van der Waals surface area contributed by atoms with Crippen LogP contribution in [0.4, 0.5) is 0 Å². The Morgan fingerprint density at radius 1 is 1.04 bits per heavy atom. The van der Waals surface area contributed by atoms with Crippen LogP contribution >= 0.6 is 0 Å². The van der Waals surface area contributed by atoms with Gasteiger partial charge in [-0.05, 0) is 72.0 Å². The molecule has 2 aromatic rings. The predicted octanol–water partition coefficient (Wildman–Crippen LogP) is 3.90. The highest BCUT2D eigenvalue weighted by Gasteiger charge is 2.45. The number of hydrogen-bond donors (Lipinski definition) is 2. The normalized spacial score (nSPS) is 29.2. The van der Waals surface area contributed by atoms with E-state index in [9.17, 15) is 5.11 Å². The second kappa shape index (κ2) is 4.93. The quantitative estimate of drug-likeness (QED) is 0.882. The highest BCUT2D eigenvalue weighted by Crippen LogP contribution is 2.50. The van der Waals surface area contributed by atoms with Gasteiger partial charge in [0.1, 0.15) is 0 Å². The van der Waals surface area contributed by atoms with E-state index in [1.807, 2.05) is 0 Å². The fourth-order valence-electron chi connectivity index (χ4n) is 4.74. The van der Waals surface area contributed by atoms with Crippen LogP contribution in [0.1, 0.15) is 54.4 Å². The van der Waals surface area contributed by atoms with Crippen molar-refractivity contribution in [2.24, 2.45) is 0 Å². The summed E-state index contributed by atoms with van der Waals surface area (Å²) in [6.07, 6.45) is 4.36. The zero-order valence-corrected chi connectivity index (χ0v) is 13.4. The van der Waals surface area contributed by atoms with Crippen LogP contribution in [0.3, 0.4) is 0 Å². The molecule has 0 amide bonds. The SMILES string of the molecule is OC1CC2(CCNC2)c2ccc(-c3ccccc3C3CC3)cc21. The van der Waals surface area contributed by atoms with Gasteiger partial charge in [0.15, 0.2) is 0 Å². The average Bonchev–Trinajstić information content (AvgIpc) is 3.27. The zero-order valence-electron chi connectivity index (χ0n) is 13.4. The third-order valence-electron chi connectivity index (χ3n) is 6.10. The van der Waals surface area contributed by atoms with E-state index >= 15 is 0 Å². The Morgan fingerprint density at radius 3 is 2.70 bits per heavy atom. The smallest absolute Gasteiger partial charge is 0.0802 e. The molecule has 0 aromatic heterocycles. The third-order valence-corrected chi connectivity index (χ3v) is 6.10. The second-order valence-corrected chi connectivity index (χ2v) is 7.59. The van der Waals surface area contributed by atoms with Crippen LogP contribution in [0.5, 0.6) is 0 Å². The van der Waals surface area contributed by atoms with E-state index in [2.05, 4.69) is 47.8 Å². The molecule has 2 unspecified atom stereocenters. The molecular formula is C21H23NO. The number of aliphatic hydroxyl groups excluding tert-OH is 1. The van der Waals surface area contributed by atoms with Crippen LogP contribution in [0.15, 0.2) is 42.5 Å². The summed E-state index contributed by atoms with van der Waals surface area (Å²) in [4.78, 5) is 0. The minimum Gasteiger partial charge on any atom is -0.388 e. The predicted molar refractivity (Wildman–Crippen MR) is 92.6 cm³/mol. The molecule has 2 atom stereocenters. The van der Waals surface area contributed by atoms with Crippen molar-refractivity contribution < 1.29 is 5.11 Å². The lowest BCUT2D eigenvalue weighted by Gasteiger charge is -2.23. The van der Waals surface area contributed by atoms with Gasteiger partial charge < -0.3 is 10.4 Å². The van der Waals surface area contributed by atoms with Crippen molar-refractivity contribution in [2.45, 2.75) is 43.1 Å². The van der Waals surface area contributed by atoms with Crippen LogP contribution < -0.4 is 5.32 Å². The molecule has 2 aliphatic carbocycles. The molecule has 5 rings (SSSR count). The molecule has 118 valence electrons. The van der Waals surface area contributed by atoms with Gasteiger partial charge in [-0.1, -0.05) is 36.4 Å². The maximum Gasteiger partial charge on any atom is 0.0802 e. The maximum atomic E-state index is 10.6. The zero-order chi connectivity index (χ0) is 15.4. The van der Waals surface area contributed by atoms with Crippen molar-refractivity contribution in [1.82, 2.24) is 5.32 Å². The van der Waals surface area contributed by atoms with Crippen LogP contribution in [0.2, 0.25) is 0 Å². The Balaban J connectivity index is 1.61. The molecule has 2 nitrogen and oxygen atoms in total. The Kier molecular flexibility index (Phi) is 2.95. The van der Waals surface area contributed by atoms with Gasteiger partial charge in [-0.25, -0.2) is 0 Å². The minimum atomic E-state index is -0.307. The molecule has 2 fully saturated rings. The first-order valence-electron chi connectivity index (χ1n) is 8.89. The number of nitrogens with one attached hydrogen (secondary N) is 1. The molecule has 3 aliphatic rings. The van der Waals surface area contributed by atoms with Gasteiger partial charge in [-0.15, -0.1) is 0 Å². The number of fused-ring (bicyclic) bond motifs is 2. The molecule has 2 aromatic carbocycles. The van der Waals surface area contributed by atoms with Gasteiger partial charge in [-0.2, -0.15) is 0 Å². The first-order chi connectivity index (χ1) is 11.3. The van der Waals surface area contributed by atoms with Gasteiger partial charge in [0.2, 0.25) is 0 Å². The van der Waals surface area contributed by atoms with Crippen LogP contribution in [-0.2, 0) is 5.41 Å². The monoisotopic (exact) mass is 305 g/mol. The van der Waals surface area contributed by atoms with Crippen molar-refractivity contribution in [2.75, 3.05) is 13.1 Å². The third kappa shape index (κ3) is 2.09. The topological polar surface area (TPSA) is 32.3 Å². The molecular weight excluding hydrogens is 282 g/mol. The summed E-state index contributed by atoms with van der Waals surface area (Å²) in [5, 5.41) is 14.1. The summed E-state index contributed by atoms with van der Waals surface area (Å²) in [5.74, 6) is 0.745. The number of benzene rings is 2. The maximum absolute atomic E-state index is 10.6. The lowest BCUT2D eigenvalue weighted by Crippen LogP contribution is -2.26. The highest BCUT2D eigenvalue weighted by molar-refractivity contribution is 5.70. The average molecular weight is 305 g/mol. The number of rotatable bonds is 2. The largest absolute Gasteiger partial charge is 0.388 e. The lowest BCUT2D eigenvalue weighted by molar-refractivity contribution is 0.158. The molecule has 1 saturated carbocycles. The van der Waals surface area contributed by atoms with E-state index in [1.54, 1.807) is 0 Å². The molecule has 1 heterocycles. The van der Waals surface area contributed by atoms with Crippen LogP contribution in [0.25, 0.3) is 11.1 Å². The molecule has 1 spiro atoms. The van der Waals surface area contributed by atoms with E-state index in [1.165, 1.54) is 35.1 Å². The van der Waals surface area contributed by atoms with Gasteiger partial charge in [-0.3, -0.25) is 0 Å². The number of aliphatic hydroxyl groups is 1. The summed E-state index contributed by atoms with van der Waals surface area (Å²) in [6, 6.07) is 15.6. The molecule has 0 radical (unpaired) electrons. The summed E-state index contributed by atoms with van der Waals surface area (Å²) >= 11 is 0. The van der Waals surface area contributed by atoms with Gasteiger partial charge >= 0.3 is 0 Å². The molecule has 2 heteroatoms.